The molecule has 76 valence electrons. The molecule has 0 aromatic heterocycles. The Kier molecular flexibility index (Phi) is 4.66. The number of esters is 1. The van der Waals surface area contributed by atoms with E-state index in [4.69, 9.17) is 5.11 Å². The van der Waals surface area contributed by atoms with Crippen LogP contribution in [0.2, 0.25) is 0 Å². The van der Waals surface area contributed by atoms with Gasteiger partial charge in [0.25, 0.3) is 0 Å². The summed E-state index contributed by atoms with van der Waals surface area (Å²) in [6.07, 6.45) is 0.846. The van der Waals surface area contributed by atoms with Gasteiger partial charge in [-0.2, -0.15) is 0 Å². The van der Waals surface area contributed by atoms with Crippen LogP contribution in [0.4, 0.5) is 0 Å². The van der Waals surface area contributed by atoms with Gasteiger partial charge in [0.2, 0.25) is 0 Å². The summed E-state index contributed by atoms with van der Waals surface area (Å²) >= 11 is 0. The van der Waals surface area contributed by atoms with Gasteiger partial charge in [-0.25, -0.2) is 4.79 Å². The molecule has 0 saturated carbocycles. The predicted molar refractivity (Wildman–Crippen MR) is 48.1 cm³/mol. The maximum absolute atomic E-state index is 11.1. The zero-order valence-electron chi connectivity index (χ0n) is 7.99. The number of ether oxygens (including phenoxy) is 1. The number of hydrogen-bond acceptors (Lipinski definition) is 4. The summed E-state index contributed by atoms with van der Waals surface area (Å²) in [5.74, 6) is -0.742. The molecule has 2 unspecified atom stereocenters. The van der Waals surface area contributed by atoms with Crippen LogP contribution in [-0.4, -0.2) is 34.5 Å². The van der Waals surface area contributed by atoms with Gasteiger partial charge in [-0.05, 0) is 13.8 Å². The Hall–Kier alpha value is -0.870. The van der Waals surface area contributed by atoms with Crippen LogP contribution in [0.25, 0.3) is 0 Å². The summed E-state index contributed by atoms with van der Waals surface area (Å²) in [6.45, 7) is 6.14. The van der Waals surface area contributed by atoms with Gasteiger partial charge in [-0.15, -0.1) is 6.58 Å². The monoisotopic (exact) mass is 188 g/mol. The molecule has 4 heteroatoms. The fourth-order valence-corrected chi connectivity index (χ4v) is 0.716. The Balaban J connectivity index is 4.01. The van der Waals surface area contributed by atoms with E-state index in [2.05, 4.69) is 11.3 Å². The second kappa shape index (κ2) is 4.99. The molecule has 0 aliphatic carbocycles. The minimum Gasteiger partial charge on any atom is -0.461 e. The molecule has 0 spiro atoms. The molecule has 2 atom stereocenters. The normalized spacial score (nSPS) is 17.2. The third-order valence-corrected chi connectivity index (χ3v) is 1.44. The molecule has 0 amide bonds. The third kappa shape index (κ3) is 4.65. The number of rotatable bonds is 5. The lowest BCUT2D eigenvalue weighted by Crippen LogP contribution is -2.37. The Morgan fingerprint density at radius 2 is 2.31 bits per heavy atom. The number of hydrogen-bond donors (Lipinski definition) is 2. The maximum Gasteiger partial charge on any atom is 0.338 e. The van der Waals surface area contributed by atoms with E-state index in [1.807, 2.05) is 0 Å². The highest BCUT2D eigenvalue weighted by Crippen LogP contribution is 2.11. The number of carbonyl (C=O) groups is 1. The van der Waals surface area contributed by atoms with Gasteiger partial charge in [0.15, 0.2) is 5.60 Å². The van der Waals surface area contributed by atoms with Crippen molar-refractivity contribution in [2.75, 3.05) is 6.61 Å². The number of aliphatic hydroxyl groups is 2. The van der Waals surface area contributed by atoms with Crippen molar-refractivity contribution >= 4 is 5.97 Å². The van der Waals surface area contributed by atoms with Crippen LogP contribution in [0.3, 0.4) is 0 Å². The molecule has 0 saturated heterocycles. The first-order chi connectivity index (χ1) is 5.90. The molecule has 0 rings (SSSR count). The zero-order chi connectivity index (χ0) is 10.5. The highest BCUT2D eigenvalue weighted by atomic mass is 16.6. The zero-order valence-corrected chi connectivity index (χ0v) is 7.99. The largest absolute Gasteiger partial charge is 0.461 e. The Labute approximate surface area is 77.8 Å². The fourth-order valence-electron chi connectivity index (χ4n) is 0.716. The maximum atomic E-state index is 11.1. The lowest BCUT2D eigenvalue weighted by molar-refractivity contribution is -0.165. The summed E-state index contributed by atoms with van der Waals surface area (Å²) in [6, 6.07) is 0. The molecule has 0 aliphatic rings. The van der Waals surface area contributed by atoms with E-state index < -0.39 is 17.7 Å². The SMILES string of the molecule is C=CCC(C)(O)C(=O)OCC(C)O. The standard InChI is InChI=1S/C9H16O4/c1-4-5-9(3,12)8(11)13-6-7(2)10/h4,7,10,12H,1,5-6H2,2-3H3. The van der Waals surface area contributed by atoms with E-state index in [1.165, 1.54) is 19.9 Å². The van der Waals surface area contributed by atoms with Gasteiger partial charge < -0.3 is 14.9 Å². The lowest BCUT2D eigenvalue weighted by atomic mass is 10.0. The first-order valence-electron chi connectivity index (χ1n) is 4.08. The second-order valence-corrected chi connectivity index (χ2v) is 3.21. The van der Waals surface area contributed by atoms with E-state index in [-0.39, 0.29) is 13.0 Å². The van der Waals surface area contributed by atoms with Crippen molar-refractivity contribution < 1.29 is 19.7 Å². The average molecular weight is 188 g/mol. The Morgan fingerprint density at radius 1 is 1.77 bits per heavy atom. The van der Waals surface area contributed by atoms with Crippen LogP contribution in [0.15, 0.2) is 12.7 Å². The summed E-state index contributed by atoms with van der Waals surface area (Å²) in [7, 11) is 0. The molecular weight excluding hydrogens is 172 g/mol. The van der Waals surface area contributed by atoms with Crippen LogP contribution >= 0.6 is 0 Å². The topological polar surface area (TPSA) is 66.8 Å². The third-order valence-electron chi connectivity index (χ3n) is 1.44. The first-order valence-corrected chi connectivity index (χ1v) is 4.08. The van der Waals surface area contributed by atoms with Gasteiger partial charge in [0.1, 0.15) is 6.61 Å². The molecule has 0 aromatic carbocycles. The highest BCUT2D eigenvalue weighted by molar-refractivity contribution is 5.78. The van der Waals surface area contributed by atoms with Crippen LogP contribution < -0.4 is 0 Å². The summed E-state index contributed by atoms with van der Waals surface area (Å²) in [5, 5.41) is 18.3. The van der Waals surface area contributed by atoms with Crippen LogP contribution in [0, 0.1) is 0 Å². The van der Waals surface area contributed by atoms with Gasteiger partial charge in [0.05, 0.1) is 6.10 Å². The summed E-state index contributed by atoms with van der Waals surface area (Å²) in [5.41, 5.74) is -1.55. The molecule has 0 bridgehead atoms. The minimum atomic E-state index is -1.55. The van der Waals surface area contributed by atoms with Crippen LogP contribution in [-0.2, 0) is 9.53 Å². The summed E-state index contributed by atoms with van der Waals surface area (Å²) in [4.78, 5) is 11.1. The minimum absolute atomic E-state index is 0.105. The highest BCUT2D eigenvalue weighted by Gasteiger charge is 2.30. The Morgan fingerprint density at radius 3 is 2.69 bits per heavy atom. The second-order valence-electron chi connectivity index (χ2n) is 3.21. The van der Waals surface area contributed by atoms with Crippen LogP contribution in [0.5, 0.6) is 0 Å². The van der Waals surface area contributed by atoms with Crippen molar-refractivity contribution in [1.29, 1.82) is 0 Å². The van der Waals surface area contributed by atoms with Crippen molar-refractivity contribution in [2.45, 2.75) is 32.0 Å². The lowest BCUT2D eigenvalue weighted by Gasteiger charge is -2.19. The molecule has 0 radical (unpaired) electrons. The Bertz CT molecular complexity index is 184. The number of carbonyl (C=O) groups excluding carboxylic acids is 1. The molecule has 2 N–H and O–H groups in total. The van der Waals surface area contributed by atoms with E-state index >= 15 is 0 Å². The van der Waals surface area contributed by atoms with Crippen molar-refractivity contribution in [3.05, 3.63) is 12.7 Å². The van der Waals surface area contributed by atoms with Gasteiger partial charge in [0, 0.05) is 6.42 Å². The first kappa shape index (κ1) is 12.1. The van der Waals surface area contributed by atoms with Gasteiger partial charge in [-0.3, -0.25) is 0 Å². The summed E-state index contributed by atoms with van der Waals surface area (Å²) < 4.78 is 4.63. The molecule has 0 aliphatic heterocycles. The van der Waals surface area contributed by atoms with E-state index in [1.54, 1.807) is 0 Å². The molecule has 0 fully saturated rings. The molecule has 13 heavy (non-hydrogen) atoms. The van der Waals surface area contributed by atoms with Crippen LogP contribution in [0.1, 0.15) is 20.3 Å². The predicted octanol–water partition coefficient (Wildman–Crippen LogP) is 0.237. The molecular formula is C9H16O4. The van der Waals surface area contributed by atoms with Crippen molar-refractivity contribution in [3.63, 3.8) is 0 Å². The van der Waals surface area contributed by atoms with Crippen molar-refractivity contribution in [2.24, 2.45) is 0 Å². The molecule has 0 aromatic rings. The van der Waals surface area contributed by atoms with Crippen molar-refractivity contribution in [3.8, 4) is 0 Å². The smallest absolute Gasteiger partial charge is 0.338 e. The van der Waals surface area contributed by atoms with Crippen molar-refractivity contribution in [1.82, 2.24) is 0 Å². The van der Waals surface area contributed by atoms with E-state index in [0.717, 1.165) is 0 Å². The van der Waals surface area contributed by atoms with E-state index in [9.17, 15) is 9.90 Å². The van der Waals surface area contributed by atoms with Gasteiger partial charge >= 0.3 is 5.97 Å². The van der Waals surface area contributed by atoms with Gasteiger partial charge in [-0.1, -0.05) is 6.08 Å². The molecule has 4 nitrogen and oxygen atoms in total. The van der Waals surface area contributed by atoms with E-state index in [0.29, 0.717) is 0 Å². The average Bonchev–Trinajstić information content (AvgIpc) is 1.99. The molecule has 0 heterocycles. The fraction of sp³-hybridized carbons (Fsp3) is 0.667. The number of aliphatic hydroxyl groups excluding tert-OH is 1. The quantitative estimate of drug-likeness (QED) is 0.479.